The van der Waals surface area contributed by atoms with Gasteiger partial charge in [0.1, 0.15) is 17.0 Å². The van der Waals surface area contributed by atoms with E-state index < -0.39 is 5.54 Å². The van der Waals surface area contributed by atoms with E-state index in [4.69, 9.17) is 9.15 Å². The second kappa shape index (κ2) is 10.0. The van der Waals surface area contributed by atoms with Gasteiger partial charge in [0, 0.05) is 24.7 Å². The van der Waals surface area contributed by atoms with Gasteiger partial charge in [-0.1, -0.05) is 44.2 Å². The molecule has 3 heterocycles. The summed E-state index contributed by atoms with van der Waals surface area (Å²) in [6, 6.07) is 11.6. The van der Waals surface area contributed by atoms with Gasteiger partial charge in [-0.25, -0.2) is 0 Å². The Bertz CT molecular complexity index is 1220. The Morgan fingerprint density at radius 3 is 2.50 bits per heavy atom. The number of aromatic nitrogens is 1. The molecule has 1 atom stereocenters. The topological polar surface area (TPSA) is 76.7 Å². The summed E-state index contributed by atoms with van der Waals surface area (Å²) in [4.78, 5) is 29.6. The Labute approximate surface area is 212 Å². The van der Waals surface area contributed by atoms with Crippen LogP contribution in [0.5, 0.6) is 5.75 Å². The van der Waals surface area contributed by atoms with E-state index >= 15 is 0 Å². The van der Waals surface area contributed by atoms with Crippen molar-refractivity contribution in [1.82, 2.24) is 14.8 Å². The van der Waals surface area contributed by atoms with Crippen molar-refractivity contribution in [3.8, 4) is 5.75 Å². The molecule has 192 valence electrons. The highest BCUT2D eigenvalue weighted by atomic mass is 16.5. The molecule has 0 bridgehead atoms. The van der Waals surface area contributed by atoms with Gasteiger partial charge in [-0.15, -0.1) is 0 Å². The number of carbonyl (C=O) groups is 2. The first-order chi connectivity index (χ1) is 17.3. The minimum absolute atomic E-state index is 0.0859. The van der Waals surface area contributed by atoms with Crippen molar-refractivity contribution in [3.05, 3.63) is 53.9 Å². The predicted octanol–water partition coefficient (Wildman–Crippen LogP) is 5.67. The van der Waals surface area contributed by atoms with Crippen molar-refractivity contribution in [3.63, 3.8) is 0 Å². The first-order valence-corrected chi connectivity index (χ1v) is 13.3. The largest absolute Gasteiger partial charge is 0.491 e. The molecule has 1 N–H and O–H groups in total. The Morgan fingerprint density at radius 2 is 1.81 bits per heavy atom. The Kier molecular flexibility index (Phi) is 6.82. The molecule has 36 heavy (non-hydrogen) atoms. The molecule has 1 aliphatic carbocycles. The van der Waals surface area contributed by atoms with Crippen LogP contribution in [0.2, 0.25) is 0 Å². The summed E-state index contributed by atoms with van der Waals surface area (Å²) < 4.78 is 13.3. The summed E-state index contributed by atoms with van der Waals surface area (Å²) in [5.74, 6) is 0.542. The van der Waals surface area contributed by atoms with Crippen molar-refractivity contribution in [2.45, 2.75) is 96.5 Å². The second-order valence-electron chi connectivity index (χ2n) is 10.8. The van der Waals surface area contributed by atoms with E-state index in [-0.39, 0.29) is 24.0 Å². The molecule has 0 radical (unpaired) electrons. The van der Waals surface area contributed by atoms with Crippen LogP contribution in [0.4, 0.5) is 0 Å². The highest BCUT2D eigenvalue weighted by molar-refractivity contribution is 6.02. The van der Waals surface area contributed by atoms with Crippen molar-refractivity contribution in [2.75, 3.05) is 0 Å². The van der Waals surface area contributed by atoms with E-state index in [9.17, 15) is 9.59 Å². The molecule has 0 unspecified atom stereocenters. The van der Waals surface area contributed by atoms with Crippen LogP contribution < -0.4 is 10.1 Å². The number of carbonyl (C=O) groups excluding carboxylic acids is 2. The minimum atomic E-state index is -1.04. The Balaban J connectivity index is 1.45. The smallest absolute Gasteiger partial charge is 0.271 e. The van der Waals surface area contributed by atoms with E-state index in [2.05, 4.69) is 5.32 Å². The molecule has 0 saturated heterocycles. The van der Waals surface area contributed by atoms with Crippen molar-refractivity contribution >= 4 is 22.9 Å². The number of benzene rings is 1. The minimum Gasteiger partial charge on any atom is -0.491 e. The summed E-state index contributed by atoms with van der Waals surface area (Å²) in [6.45, 7) is 6.60. The van der Waals surface area contributed by atoms with Gasteiger partial charge in [-0.05, 0) is 51.3 Å². The summed E-state index contributed by atoms with van der Waals surface area (Å²) >= 11 is 0. The summed E-state index contributed by atoms with van der Waals surface area (Å²) in [7, 11) is 0. The van der Waals surface area contributed by atoms with Gasteiger partial charge in [0.25, 0.3) is 5.91 Å². The van der Waals surface area contributed by atoms with Crippen LogP contribution in [0.25, 0.3) is 11.1 Å². The van der Waals surface area contributed by atoms with E-state index in [1.54, 1.807) is 17.2 Å². The number of amides is 2. The molecule has 2 aromatic heterocycles. The highest BCUT2D eigenvalue weighted by Gasteiger charge is 2.48. The number of nitrogens with one attached hydrogen (secondary N) is 1. The van der Waals surface area contributed by atoms with Crippen LogP contribution in [0, 0.1) is 0 Å². The number of hydrogen-bond donors (Lipinski definition) is 1. The molecule has 5 rings (SSSR count). The molecule has 3 aromatic rings. The fraction of sp³-hybridized carbons (Fsp3) is 0.517. The number of hydrogen-bond acceptors (Lipinski definition) is 4. The van der Waals surface area contributed by atoms with Crippen molar-refractivity contribution in [2.24, 2.45) is 0 Å². The van der Waals surface area contributed by atoms with Crippen molar-refractivity contribution in [1.29, 1.82) is 0 Å². The molecule has 7 heteroatoms. The number of furan rings is 1. The van der Waals surface area contributed by atoms with Gasteiger partial charge >= 0.3 is 0 Å². The SMILES string of the molecule is CC(C)Oc1ccc(CN2C(=O)c3cc4occc4n3C[C@]2(C)C(=O)NC2CCCCCCC2)cc1. The monoisotopic (exact) mass is 491 g/mol. The molecule has 1 aliphatic heterocycles. The average Bonchev–Trinajstić information content (AvgIpc) is 3.41. The normalized spacial score (nSPS) is 21.3. The Hall–Kier alpha value is -3.22. The van der Waals surface area contributed by atoms with Crippen LogP contribution in [-0.2, 0) is 17.9 Å². The second-order valence-corrected chi connectivity index (χ2v) is 10.8. The summed E-state index contributed by atoms with van der Waals surface area (Å²) in [6.07, 6.45) is 9.68. The molecule has 2 amide bonds. The van der Waals surface area contributed by atoms with Gasteiger partial charge in [-0.3, -0.25) is 9.59 Å². The zero-order chi connectivity index (χ0) is 25.3. The van der Waals surface area contributed by atoms with E-state index in [0.717, 1.165) is 42.5 Å². The lowest BCUT2D eigenvalue weighted by atomic mass is 9.91. The van der Waals surface area contributed by atoms with Crippen molar-refractivity contribution < 1.29 is 18.7 Å². The quantitative estimate of drug-likeness (QED) is 0.482. The van der Waals surface area contributed by atoms with E-state index in [1.807, 2.05) is 55.7 Å². The standard InChI is InChI=1S/C29H37N3O4/c1-20(2)36-23-13-11-21(12-14-23)18-32-27(33)25-17-26-24(15-16-35-26)31(25)19-29(32,3)28(34)30-22-9-7-5-4-6-8-10-22/h11-17,20,22H,4-10,18-19H2,1-3H3,(H,30,34)/t29-/m1/s1. The molecule has 1 aromatic carbocycles. The first-order valence-electron chi connectivity index (χ1n) is 13.3. The van der Waals surface area contributed by atoms with Gasteiger partial charge in [-0.2, -0.15) is 0 Å². The van der Waals surface area contributed by atoms with Gasteiger partial charge in [0.05, 0.1) is 24.4 Å². The highest BCUT2D eigenvalue weighted by Crippen LogP contribution is 2.34. The average molecular weight is 492 g/mol. The molecular formula is C29H37N3O4. The molecule has 2 aliphatic rings. The third-order valence-corrected chi connectivity index (χ3v) is 7.61. The van der Waals surface area contributed by atoms with Gasteiger partial charge in [0.2, 0.25) is 5.91 Å². The van der Waals surface area contributed by atoms with Crippen LogP contribution in [0.3, 0.4) is 0 Å². The van der Waals surface area contributed by atoms with E-state index in [0.29, 0.717) is 24.4 Å². The van der Waals surface area contributed by atoms with Crippen LogP contribution in [0.1, 0.15) is 81.8 Å². The van der Waals surface area contributed by atoms with Crippen LogP contribution in [0.15, 0.2) is 47.1 Å². The number of rotatable bonds is 6. The zero-order valence-corrected chi connectivity index (χ0v) is 21.6. The van der Waals surface area contributed by atoms with Crippen LogP contribution in [-0.4, -0.2) is 39.0 Å². The maximum atomic E-state index is 14.0. The molecule has 0 spiro atoms. The molecule has 1 saturated carbocycles. The maximum absolute atomic E-state index is 14.0. The Morgan fingerprint density at radius 1 is 1.11 bits per heavy atom. The molecular weight excluding hydrogens is 454 g/mol. The predicted molar refractivity (Wildman–Crippen MR) is 139 cm³/mol. The third kappa shape index (κ3) is 4.75. The third-order valence-electron chi connectivity index (χ3n) is 7.61. The fourth-order valence-corrected chi connectivity index (χ4v) is 5.59. The lowest BCUT2D eigenvalue weighted by molar-refractivity contribution is -0.134. The molecule has 1 fully saturated rings. The summed E-state index contributed by atoms with van der Waals surface area (Å²) in [5, 5.41) is 3.34. The fourth-order valence-electron chi connectivity index (χ4n) is 5.59. The van der Waals surface area contributed by atoms with Gasteiger partial charge < -0.3 is 23.9 Å². The number of ether oxygens (including phenoxy) is 1. The van der Waals surface area contributed by atoms with E-state index in [1.165, 1.54) is 19.3 Å². The summed E-state index contributed by atoms with van der Waals surface area (Å²) in [5.41, 5.74) is 1.98. The zero-order valence-electron chi connectivity index (χ0n) is 21.6. The number of nitrogens with zero attached hydrogens (tertiary/aromatic N) is 2. The van der Waals surface area contributed by atoms with Crippen LogP contribution >= 0.6 is 0 Å². The molecule has 7 nitrogen and oxygen atoms in total. The lowest BCUT2D eigenvalue weighted by Gasteiger charge is -2.44. The first kappa shape index (κ1) is 24.5. The lowest BCUT2D eigenvalue weighted by Crippen LogP contribution is -2.64. The van der Waals surface area contributed by atoms with Gasteiger partial charge in [0.15, 0.2) is 5.58 Å². The maximum Gasteiger partial charge on any atom is 0.271 e. The number of fused-ring (bicyclic) bond motifs is 3.